The first-order chi connectivity index (χ1) is 12.1. The van der Waals surface area contributed by atoms with Crippen molar-refractivity contribution in [3.05, 3.63) is 40.4 Å². The molecule has 8 heteroatoms. The predicted octanol–water partition coefficient (Wildman–Crippen LogP) is 2.39. The van der Waals surface area contributed by atoms with Crippen molar-refractivity contribution >= 4 is 33.7 Å². The number of rotatable bonds is 6. The lowest BCUT2D eigenvalue weighted by atomic mass is 9.87. The first-order valence-electron chi connectivity index (χ1n) is 8.00. The number of nitrogens with one attached hydrogen (secondary N) is 2. The maximum atomic E-state index is 11.7. The first kappa shape index (κ1) is 21.7. The number of carbonyl (C=O) groups is 3. The molecule has 0 bridgehead atoms. The van der Waals surface area contributed by atoms with E-state index < -0.39 is 17.8 Å². The van der Waals surface area contributed by atoms with Crippen LogP contribution in [0.3, 0.4) is 0 Å². The van der Waals surface area contributed by atoms with Crippen LogP contribution in [0.15, 0.2) is 34.8 Å². The van der Waals surface area contributed by atoms with Crippen LogP contribution >= 0.6 is 15.9 Å². The average Bonchev–Trinajstić information content (AvgIpc) is 2.56. The summed E-state index contributed by atoms with van der Waals surface area (Å²) in [5, 5.41) is 0. The second-order valence-electron chi connectivity index (χ2n) is 6.31. The summed E-state index contributed by atoms with van der Waals surface area (Å²) >= 11 is 3.42. The molecule has 0 atom stereocenters. The van der Waals surface area contributed by atoms with E-state index in [4.69, 9.17) is 4.74 Å². The summed E-state index contributed by atoms with van der Waals surface area (Å²) in [6.45, 7) is 7.88. The molecule has 26 heavy (non-hydrogen) atoms. The number of halogens is 1. The zero-order chi connectivity index (χ0) is 19.7. The number of esters is 1. The lowest BCUT2D eigenvalue weighted by Gasteiger charge is -2.20. The number of hydrogen-bond donors (Lipinski definition) is 2. The highest BCUT2D eigenvalue weighted by Crippen LogP contribution is 2.31. The van der Waals surface area contributed by atoms with Crippen molar-refractivity contribution in [1.82, 2.24) is 10.9 Å². The van der Waals surface area contributed by atoms with Gasteiger partial charge in [0.25, 0.3) is 11.8 Å². The number of hydrazine groups is 1. The lowest BCUT2D eigenvalue weighted by Crippen LogP contribution is -2.43. The third-order valence-corrected chi connectivity index (χ3v) is 3.76. The number of hydrogen-bond acceptors (Lipinski definition) is 5. The molecular formula is C18H23BrN2O5. The van der Waals surface area contributed by atoms with E-state index in [0.29, 0.717) is 5.75 Å². The van der Waals surface area contributed by atoms with E-state index in [1.165, 1.54) is 0 Å². The van der Waals surface area contributed by atoms with Crippen LogP contribution in [-0.4, -0.2) is 31.0 Å². The maximum Gasteiger partial charge on any atom is 0.330 e. The largest absolute Gasteiger partial charge is 0.483 e. The SMILES string of the molecule is CCOC(=O)/C=C/C(=O)NNC(=O)COc1ccc(C(C)(C)C)cc1Br. The minimum Gasteiger partial charge on any atom is -0.483 e. The smallest absolute Gasteiger partial charge is 0.330 e. The Hall–Kier alpha value is -2.35. The Morgan fingerprint density at radius 1 is 1.15 bits per heavy atom. The van der Waals surface area contributed by atoms with Gasteiger partial charge in [0, 0.05) is 12.2 Å². The van der Waals surface area contributed by atoms with Crippen molar-refractivity contribution in [3.8, 4) is 5.75 Å². The predicted molar refractivity (Wildman–Crippen MR) is 100 cm³/mol. The highest BCUT2D eigenvalue weighted by atomic mass is 79.9. The summed E-state index contributed by atoms with van der Waals surface area (Å²) in [4.78, 5) is 34.2. The van der Waals surface area contributed by atoms with Crippen LogP contribution in [0.4, 0.5) is 0 Å². The van der Waals surface area contributed by atoms with E-state index in [2.05, 4.69) is 52.3 Å². The molecule has 0 aromatic heterocycles. The minimum atomic E-state index is -0.665. The topological polar surface area (TPSA) is 93.7 Å². The second kappa shape index (κ2) is 9.96. The van der Waals surface area contributed by atoms with Gasteiger partial charge in [0.15, 0.2) is 6.61 Å². The highest BCUT2D eigenvalue weighted by Gasteiger charge is 2.15. The Morgan fingerprint density at radius 2 is 1.85 bits per heavy atom. The number of amides is 2. The lowest BCUT2D eigenvalue weighted by molar-refractivity contribution is -0.137. The van der Waals surface area contributed by atoms with E-state index in [-0.39, 0.29) is 18.6 Å². The van der Waals surface area contributed by atoms with Gasteiger partial charge >= 0.3 is 5.97 Å². The van der Waals surface area contributed by atoms with Crippen molar-refractivity contribution in [2.24, 2.45) is 0 Å². The van der Waals surface area contributed by atoms with Crippen molar-refractivity contribution in [3.63, 3.8) is 0 Å². The third kappa shape index (κ3) is 7.69. The van der Waals surface area contributed by atoms with Crippen molar-refractivity contribution < 1.29 is 23.9 Å². The first-order valence-corrected chi connectivity index (χ1v) is 8.79. The second-order valence-corrected chi connectivity index (χ2v) is 7.16. The Kier molecular flexibility index (Phi) is 8.31. The van der Waals surface area contributed by atoms with Gasteiger partial charge in [-0.05, 0) is 46.0 Å². The molecule has 2 amide bonds. The van der Waals surface area contributed by atoms with E-state index in [9.17, 15) is 14.4 Å². The van der Waals surface area contributed by atoms with Gasteiger partial charge in [-0.3, -0.25) is 20.4 Å². The molecule has 0 radical (unpaired) electrons. The number of benzene rings is 1. The van der Waals surface area contributed by atoms with Gasteiger partial charge in [-0.15, -0.1) is 0 Å². The molecular weight excluding hydrogens is 404 g/mol. The molecule has 0 fully saturated rings. The minimum absolute atomic E-state index is 0.000222. The van der Waals surface area contributed by atoms with Gasteiger partial charge in [-0.25, -0.2) is 4.79 Å². The summed E-state index contributed by atoms with van der Waals surface area (Å²) < 4.78 is 10.8. The van der Waals surface area contributed by atoms with E-state index in [1.807, 2.05) is 12.1 Å². The molecule has 142 valence electrons. The maximum absolute atomic E-state index is 11.7. The molecule has 0 heterocycles. The third-order valence-electron chi connectivity index (χ3n) is 3.14. The number of ether oxygens (including phenoxy) is 2. The van der Waals surface area contributed by atoms with Crippen LogP contribution in [0.25, 0.3) is 0 Å². The van der Waals surface area contributed by atoms with Gasteiger partial charge < -0.3 is 9.47 Å². The van der Waals surface area contributed by atoms with E-state index >= 15 is 0 Å². The van der Waals surface area contributed by atoms with E-state index in [1.54, 1.807) is 13.0 Å². The summed E-state index contributed by atoms with van der Waals surface area (Å²) in [6.07, 6.45) is 1.93. The Labute approximate surface area is 161 Å². The fourth-order valence-electron chi connectivity index (χ4n) is 1.77. The zero-order valence-corrected chi connectivity index (χ0v) is 16.8. The summed E-state index contributed by atoms with van der Waals surface area (Å²) in [5.41, 5.74) is 5.44. The monoisotopic (exact) mass is 426 g/mol. The van der Waals surface area contributed by atoms with Crippen LogP contribution in [0.5, 0.6) is 5.75 Å². The molecule has 0 saturated carbocycles. The molecule has 0 aliphatic rings. The van der Waals surface area contributed by atoms with Crippen molar-refractivity contribution in [2.45, 2.75) is 33.1 Å². The summed E-state index contributed by atoms with van der Waals surface area (Å²) in [5.74, 6) is -1.33. The number of carbonyl (C=O) groups excluding carboxylic acids is 3. The standard InChI is InChI=1S/C18H23BrN2O5/c1-5-25-17(24)9-8-15(22)20-21-16(23)11-26-14-7-6-12(10-13(14)19)18(2,3)4/h6-10H,5,11H2,1-4H3,(H,20,22)(H,21,23)/b9-8+. The van der Waals surface area contributed by atoms with Crippen LogP contribution in [0.2, 0.25) is 0 Å². The molecule has 0 aliphatic carbocycles. The highest BCUT2D eigenvalue weighted by molar-refractivity contribution is 9.10. The van der Waals surface area contributed by atoms with Gasteiger partial charge in [-0.2, -0.15) is 0 Å². The molecule has 1 aromatic rings. The van der Waals surface area contributed by atoms with Crippen molar-refractivity contribution in [2.75, 3.05) is 13.2 Å². The van der Waals surface area contributed by atoms with Gasteiger partial charge in [-0.1, -0.05) is 26.8 Å². The molecule has 7 nitrogen and oxygen atoms in total. The Bertz CT molecular complexity index is 695. The average molecular weight is 427 g/mol. The van der Waals surface area contributed by atoms with Crippen molar-refractivity contribution in [1.29, 1.82) is 0 Å². The summed E-state index contributed by atoms with van der Waals surface area (Å²) in [6, 6.07) is 5.65. The van der Waals surface area contributed by atoms with Gasteiger partial charge in [0.1, 0.15) is 5.75 Å². The molecule has 0 unspecified atom stereocenters. The van der Waals surface area contributed by atoms with Crippen LogP contribution < -0.4 is 15.6 Å². The normalized spacial score (nSPS) is 11.1. The molecule has 2 N–H and O–H groups in total. The fraction of sp³-hybridized carbons (Fsp3) is 0.389. The van der Waals surface area contributed by atoms with Crippen LogP contribution in [0, 0.1) is 0 Å². The van der Waals surface area contributed by atoms with Crippen LogP contribution in [-0.2, 0) is 24.5 Å². The Balaban J connectivity index is 2.45. The molecule has 0 aliphatic heterocycles. The van der Waals surface area contributed by atoms with E-state index in [0.717, 1.165) is 22.2 Å². The molecule has 1 aromatic carbocycles. The quantitative estimate of drug-likeness (QED) is 0.413. The van der Waals surface area contributed by atoms with Crippen LogP contribution in [0.1, 0.15) is 33.3 Å². The fourth-order valence-corrected chi connectivity index (χ4v) is 2.26. The molecule has 0 spiro atoms. The molecule has 0 saturated heterocycles. The Morgan fingerprint density at radius 3 is 2.42 bits per heavy atom. The van der Waals surface area contributed by atoms with Gasteiger partial charge in [0.05, 0.1) is 11.1 Å². The zero-order valence-electron chi connectivity index (χ0n) is 15.2. The summed E-state index contributed by atoms with van der Waals surface area (Å²) in [7, 11) is 0. The molecule has 1 rings (SSSR count). The van der Waals surface area contributed by atoms with Gasteiger partial charge in [0.2, 0.25) is 0 Å².